The van der Waals surface area contributed by atoms with Crippen LogP contribution in [0, 0.1) is 10.7 Å². The van der Waals surface area contributed by atoms with Crippen LogP contribution in [0.4, 0.5) is 4.39 Å². The summed E-state index contributed by atoms with van der Waals surface area (Å²) in [6.45, 7) is -0.483. The van der Waals surface area contributed by atoms with Crippen LogP contribution < -0.4 is 5.32 Å². The first-order chi connectivity index (χ1) is 14.6. The largest absolute Gasteiger partial charge is 0.343 e. The molecule has 3 aromatic rings. The van der Waals surface area contributed by atoms with Gasteiger partial charge in [0.1, 0.15) is 17.9 Å². The molecule has 4 rings (SSSR count). The summed E-state index contributed by atoms with van der Waals surface area (Å²) in [5, 5.41) is 9.04. The fourth-order valence-electron chi connectivity index (χ4n) is 4.01. The predicted octanol–water partition coefficient (Wildman–Crippen LogP) is 3.61. The van der Waals surface area contributed by atoms with E-state index < -0.39 is 18.4 Å². The molecule has 2 amide bonds. The number of nitrogens with one attached hydrogen (secondary N) is 1. The average molecular weight is 409 g/mol. The number of amides is 2. The lowest BCUT2D eigenvalue weighted by atomic mass is 9.84. The highest BCUT2D eigenvalue weighted by Crippen LogP contribution is 2.38. The van der Waals surface area contributed by atoms with E-state index in [4.69, 9.17) is 0 Å². The number of nitrogens with zero attached hydrogens (tertiary/aromatic N) is 4. The summed E-state index contributed by atoms with van der Waals surface area (Å²) in [5.41, 5.74) is 3.19. The van der Waals surface area contributed by atoms with Gasteiger partial charge in [-0.15, -0.1) is 4.91 Å². The van der Waals surface area contributed by atoms with Crippen LogP contribution in [0.2, 0.25) is 0 Å². The summed E-state index contributed by atoms with van der Waals surface area (Å²) in [6.07, 6.45) is 8.46. The first-order valence-corrected chi connectivity index (χ1v) is 9.85. The number of benzene rings is 1. The Bertz CT molecular complexity index is 1100. The third-order valence-corrected chi connectivity index (χ3v) is 5.46. The van der Waals surface area contributed by atoms with Crippen LogP contribution in [0.15, 0.2) is 41.8 Å². The van der Waals surface area contributed by atoms with Gasteiger partial charge in [0.25, 0.3) is 5.91 Å². The zero-order valence-electron chi connectivity index (χ0n) is 16.2. The summed E-state index contributed by atoms with van der Waals surface area (Å²) < 4.78 is 15.1. The van der Waals surface area contributed by atoms with Crippen molar-refractivity contribution in [3.63, 3.8) is 0 Å². The second-order valence-electron chi connectivity index (χ2n) is 7.36. The molecule has 8 nitrogen and oxygen atoms in total. The molecule has 1 aliphatic rings. The summed E-state index contributed by atoms with van der Waals surface area (Å²) in [6, 6.07) is 6.23. The Morgan fingerprint density at radius 2 is 1.87 bits per heavy atom. The second kappa shape index (κ2) is 8.48. The third kappa shape index (κ3) is 3.83. The molecule has 1 aliphatic carbocycles. The van der Waals surface area contributed by atoms with Crippen molar-refractivity contribution in [2.24, 2.45) is 5.18 Å². The van der Waals surface area contributed by atoms with Crippen molar-refractivity contribution < 1.29 is 14.0 Å². The van der Waals surface area contributed by atoms with Crippen molar-refractivity contribution in [3.05, 3.63) is 58.6 Å². The minimum Gasteiger partial charge on any atom is -0.343 e. The van der Waals surface area contributed by atoms with Crippen LogP contribution in [0.25, 0.3) is 16.8 Å². The fourth-order valence-corrected chi connectivity index (χ4v) is 4.01. The molecule has 0 spiro atoms. The van der Waals surface area contributed by atoms with Crippen LogP contribution in [-0.2, 0) is 4.79 Å². The van der Waals surface area contributed by atoms with Crippen LogP contribution in [0.5, 0.6) is 0 Å². The van der Waals surface area contributed by atoms with E-state index >= 15 is 0 Å². The molecule has 2 aromatic heterocycles. The highest BCUT2D eigenvalue weighted by atomic mass is 19.1. The van der Waals surface area contributed by atoms with E-state index in [-0.39, 0.29) is 17.3 Å². The van der Waals surface area contributed by atoms with Gasteiger partial charge in [-0.3, -0.25) is 9.59 Å². The van der Waals surface area contributed by atoms with Crippen molar-refractivity contribution >= 4 is 17.5 Å². The number of hydrogen-bond acceptors (Lipinski definition) is 5. The second-order valence-corrected chi connectivity index (χ2v) is 7.36. The van der Waals surface area contributed by atoms with E-state index in [0.29, 0.717) is 5.65 Å². The summed E-state index contributed by atoms with van der Waals surface area (Å²) in [7, 11) is 0. The van der Waals surface area contributed by atoms with E-state index in [1.807, 2.05) is 0 Å². The SMILES string of the molecule is O=NC(=O)CNC(=O)c1cnn2c(C3CCCCC3)c(-c3ccc(F)cc3)cnc12. The molecule has 154 valence electrons. The highest BCUT2D eigenvalue weighted by Gasteiger charge is 2.25. The van der Waals surface area contributed by atoms with Gasteiger partial charge >= 0.3 is 5.91 Å². The molecule has 1 saturated carbocycles. The number of nitroso groups, excluding NO2 is 1. The highest BCUT2D eigenvalue weighted by molar-refractivity contribution is 6.01. The van der Waals surface area contributed by atoms with E-state index in [1.54, 1.807) is 22.8 Å². The lowest BCUT2D eigenvalue weighted by Gasteiger charge is -2.25. The Morgan fingerprint density at radius 1 is 1.13 bits per heavy atom. The quantitative estimate of drug-likeness (QED) is 0.648. The predicted molar refractivity (Wildman–Crippen MR) is 107 cm³/mol. The number of fused-ring (bicyclic) bond motifs is 1. The molecule has 0 bridgehead atoms. The smallest absolute Gasteiger partial charge is 0.305 e. The molecule has 1 N–H and O–H groups in total. The van der Waals surface area contributed by atoms with Crippen LogP contribution in [0.3, 0.4) is 0 Å². The topological polar surface area (TPSA) is 106 Å². The molecular weight excluding hydrogens is 389 g/mol. The zero-order chi connectivity index (χ0) is 21.1. The maximum Gasteiger partial charge on any atom is 0.305 e. The van der Waals surface area contributed by atoms with Crippen molar-refractivity contribution in [1.29, 1.82) is 0 Å². The van der Waals surface area contributed by atoms with Crippen molar-refractivity contribution in [3.8, 4) is 11.1 Å². The summed E-state index contributed by atoms with van der Waals surface area (Å²) >= 11 is 0. The molecule has 1 aromatic carbocycles. The zero-order valence-corrected chi connectivity index (χ0v) is 16.2. The van der Waals surface area contributed by atoms with Gasteiger partial charge in [-0.25, -0.2) is 13.9 Å². The summed E-state index contributed by atoms with van der Waals surface area (Å²) in [5.74, 6) is -1.60. The Balaban J connectivity index is 1.79. The Labute approximate surface area is 171 Å². The van der Waals surface area contributed by atoms with Crippen LogP contribution >= 0.6 is 0 Å². The molecule has 0 atom stereocenters. The average Bonchev–Trinajstić information content (AvgIpc) is 3.22. The Hall–Kier alpha value is -3.49. The normalized spacial score (nSPS) is 14.6. The fraction of sp³-hybridized carbons (Fsp3) is 0.333. The number of rotatable bonds is 5. The number of hydrogen-bond donors (Lipinski definition) is 1. The number of carbonyl (C=O) groups is 2. The third-order valence-electron chi connectivity index (χ3n) is 5.46. The number of aromatic nitrogens is 3. The monoisotopic (exact) mass is 409 g/mol. The molecule has 9 heteroatoms. The van der Waals surface area contributed by atoms with Gasteiger partial charge < -0.3 is 5.32 Å². The lowest BCUT2D eigenvalue weighted by molar-refractivity contribution is -0.117. The van der Waals surface area contributed by atoms with Crippen LogP contribution in [0.1, 0.15) is 54.1 Å². The number of carbonyl (C=O) groups excluding carboxylic acids is 2. The van der Waals surface area contributed by atoms with Crippen LogP contribution in [-0.4, -0.2) is 33.0 Å². The van der Waals surface area contributed by atoms with E-state index in [2.05, 4.69) is 20.6 Å². The first-order valence-electron chi connectivity index (χ1n) is 9.85. The molecule has 30 heavy (non-hydrogen) atoms. The lowest BCUT2D eigenvalue weighted by Crippen LogP contribution is -2.28. The molecule has 0 radical (unpaired) electrons. The van der Waals surface area contributed by atoms with Crippen molar-refractivity contribution in [1.82, 2.24) is 19.9 Å². The Kier molecular flexibility index (Phi) is 5.60. The standard InChI is InChI=1S/C21H20FN5O3/c22-15-8-6-13(7-9-15)16-10-23-20-17(21(29)24-12-18(28)26-30)11-25-27(20)19(16)14-4-2-1-3-5-14/h6-11,14H,1-5,12H2,(H,24,29). The van der Waals surface area contributed by atoms with Crippen molar-refractivity contribution in [2.75, 3.05) is 6.54 Å². The number of halogens is 1. The van der Waals surface area contributed by atoms with Gasteiger partial charge in [0.2, 0.25) is 0 Å². The molecular formula is C21H20FN5O3. The molecule has 2 heterocycles. The first kappa shape index (κ1) is 19.8. The minimum atomic E-state index is -0.964. The molecule has 0 aliphatic heterocycles. The van der Waals surface area contributed by atoms with Crippen molar-refractivity contribution in [2.45, 2.75) is 38.0 Å². The van der Waals surface area contributed by atoms with E-state index in [9.17, 15) is 18.9 Å². The van der Waals surface area contributed by atoms with Gasteiger partial charge in [-0.05, 0) is 30.5 Å². The van der Waals surface area contributed by atoms with E-state index in [0.717, 1.165) is 42.5 Å². The van der Waals surface area contributed by atoms with Gasteiger partial charge in [-0.2, -0.15) is 5.10 Å². The Morgan fingerprint density at radius 3 is 2.57 bits per heavy atom. The maximum atomic E-state index is 13.4. The molecule has 0 unspecified atom stereocenters. The molecule has 0 saturated heterocycles. The minimum absolute atomic E-state index is 0.205. The maximum absolute atomic E-state index is 13.4. The summed E-state index contributed by atoms with van der Waals surface area (Å²) in [4.78, 5) is 38.2. The van der Waals surface area contributed by atoms with Gasteiger partial charge in [0.05, 0.1) is 11.9 Å². The van der Waals surface area contributed by atoms with Gasteiger partial charge in [-0.1, -0.05) is 31.4 Å². The molecule has 1 fully saturated rings. The van der Waals surface area contributed by atoms with E-state index in [1.165, 1.54) is 24.8 Å². The van der Waals surface area contributed by atoms with Gasteiger partial charge in [0, 0.05) is 22.9 Å². The van der Waals surface area contributed by atoms with Gasteiger partial charge in [0.15, 0.2) is 5.65 Å².